The molecule has 1 atom stereocenters. The second-order valence-electron chi connectivity index (χ2n) is 4.24. The van der Waals surface area contributed by atoms with E-state index in [0.717, 1.165) is 10.4 Å². The fourth-order valence-corrected chi connectivity index (χ4v) is 2.93. The molecule has 1 heterocycles. The van der Waals surface area contributed by atoms with Gasteiger partial charge in [0.25, 0.3) is 0 Å². The van der Waals surface area contributed by atoms with E-state index in [1.807, 2.05) is 30.5 Å². The Bertz CT molecular complexity index is 623. The number of carbonyl (C=O) groups is 1. The Morgan fingerprint density at radius 1 is 1.35 bits per heavy atom. The third-order valence-corrected chi connectivity index (χ3v) is 4.13. The fraction of sp³-hybridized carbons (Fsp3) is 0.133. The Hall–Kier alpha value is -1.29. The summed E-state index contributed by atoms with van der Waals surface area (Å²) < 4.78 is 0. The predicted octanol–water partition coefficient (Wildman–Crippen LogP) is 4.95. The Balaban J connectivity index is 2.00. The van der Waals surface area contributed by atoms with Crippen molar-refractivity contribution in [3.05, 3.63) is 62.3 Å². The summed E-state index contributed by atoms with van der Waals surface area (Å²) in [6, 6.07) is 8.96. The number of halogens is 2. The average molecular weight is 326 g/mol. The zero-order valence-corrected chi connectivity index (χ0v) is 13.1. The highest BCUT2D eigenvalue weighted by Gasteiger charge is 2.11. The number of thiophene rings is 1. The van der Waals surface area contributed by atoms with Gasteiger partial charge >= 0.3 is 0 Å². The van der Waals surface area contributed by atoms with Gasteiger partial charge in [0.1, 0.15) is 0 Å². The molecule has 2 rings (SSSR count). The number of rotatable bonds is 4. The molecule has 2 aromatic rings. The van der Waals surface area contributed by atoms with Gasteiger partial charge in [0.15, 0.2) is 0 Å². The number of benzene rings is 1. The maximum Gasteiger partial charge on any atom is 0.244 e. The second-order valence-corrected chi connectivity index (χ2v) is 6.07. The zero-order chi connectivity index (χ0) is 14.5. The highest BCUT2D eigenvalue weighted by Crippen LogP contribution is 2.26. The Morgan fingerprint density at radius 3 is 2.80 bits per heavy atom. The van der Waals surface area contributed by atoms with E-state index in [0.29, 0.717) is 10.0 Å². The van der Waals surface area contributed by atoms with E-state index < -0.39 is 0 Å². The van der Waals surface area contributed by atoms with E-state index in [1.165, 1.54) is 6.08 Å². The molecule has 0 saturated carbocycles. The molecule has 0 unspecified atom stereocenters. The van der Waals surface area contributed by atoms with Crippen molar-refractivity contribution < 1.29 is 4.79 Å². The van der Waals surface area contributed by atoms with E-state index >= 15 is 0 Å². The molecule has 1 aromatic carbocycles. The van der Waals surface area contributed by atoms with Gasteiger partial charge in [0.2, 0.25) is 5.91 Å². The summed E-state index contributed by atoms with van der Waals surface area (Å²) in [5.74, 6) is -0.156. The van der Waals surface area contributed by atoms with Crippen LogP contribution in [0.2, 0.25) is 10.0 Å². The molecule has 20 heavy (non-hydrogen) atoms. The van der Waals surface area contributed by atoms with E-state index in [1.54, 1.807) is 29.5 Å². The highest BCUT2D eigenvalue weighted by molar-refractivity contribution is 7.10. The number of nitrogens with one attached hydrogen (secondary N) is 1. The van der Waals surface area contributed by atoms with Crippen molar-refractivity contribution in [3.63, 3.8) is 0 Å². The van der Waals surface area contributed by atoms with Crippen LogP contribution in [0.1, 0.15) is 23.4 Å². The highest BCUT2D eigenvalue weighted by atomic mass is 35.5. The van der Waals surface area contributed by atoms with Gasteiger partial charge in [-0.25, -0.2) is 0 Å². The summed E-state index contributed by atoms with van der Waals surface area (Å²) in [6.07, 6.45) is 3.31. The van der Waals surface area contributed by atoms with Crippen LogP contribution >= 0.6 is 34.5 Å². The molecule has 0 fully saturated rings. The lowest BCUT2D eigenvalue weighted by Crippen LogP contribution is -2.24. The molecule has 0 aliphatic carbocycles. The number of carbonyl (C=O) groups excluding carboxylic acids is 1. The molecule has 1 N–H and O–H groups in total. The van der Waals surface area contributed by atoms with Gasteiger partial charge in [0, 0.05) is 21.0 Å². The van der Waals surface area contributed by atoms with Crippen LogP contribution in [0, 0.1) is 0 Å². The molecule has 0 bridgehead atoms. The number of hydrogen-bond donors (Lipinski definition) is 1. The molecule has 0 spiro atoms. The van der Waals surface area contributed by atoms with Crippen molar-refractivity contribution in [2.75, 3.05) is 0 Å². The lowest BCUT2D eigenvalue weighted by atomic mass is 10.1. The van der Waals surface area contributed by atoms with Gasteiger partial charge in [-0.05, 0) is 42.1 Å². The minimum atomic E-state index is -0.180. The molecule has 5 heteroatoms. The summed E-state index contributed by atoms with van der Waals surface area (Å²) in [7, 11) is 0. The first-order valence-electron chi connectivity index (χ1n) is 6.03. The number of hydrogen-bond acceptors (Lipinski definition) is 2. The van der Waals surface area contributed by atoms with Gasteiger partial charge in [-0.1, -0.05) is 35.3 Å². The SMILES string of the molecule is C[C@@H](NC(=O)/C=C/c1cccs1)c1ccc(Cl)cc1Cl. The summed E-state index contributed by atoms with van der Waals surface area (Å²) in [4.78, 5) is 12.9. The van der Waals surface area contributed by atoms with Crippen molar-refractivity contribution in [1.29, 1.82) is 0 Å². The lowest BCUT2D eigenvalue weighted by Gasteiger charge is -2.14. The van der Waals surface area contributed by atoms with Gasteiger partial charge < -0.3 is 5.32 Å². The lowest BCUT2D eigenvalue weighted by molar-refractivity contribution is -0.117. The smallest absolute Gasteiger partial charge is 0.244 e. The van der Waals surface area contributed by atoms with E-state index in [2.05, 4.69) is 5.32 Å². The van der Waals surface area contributed by atoms with Gasteiger partial charge in [-0.2, -0.15) is 0 Å². The third kappa shape index (κ3) is 4.10. The molecule has 0 saturated heterocycles. The first kappa shape index (κ1) is 15.1. The van der Waals surface area contributed by atoms with Gasteiger partial charge in [-0.3, -0.25) is 4.79 Å². The Kier molecular flexibility index (Phi) is 5.24. The summed E-state index contributed by atoms with van der Waals surface area (Å²) in [5.41, 5.74) is 0.842. The maximum atomic E-state index is 11.8. The van der Waals surface area contributed by atoms with Crippen molar-refractivity contribution in [1.82, 2.24) is 5.32 Å². The second kappa shape index (κ2) is 6.93. The predicted molar refractivity (Wildman–Crippen MR) is 86.4 cm³/mol. The average Bonchev–Trinajstić information content (AvgIpc) is 2.89. The molecular weight excluding hydrogens is 313 g/mol. The molecule has 2 nitrogen and oxygen atoms in total. The normalized spacial score (nSPS) is 12.6. The Labute approximate surface area is 132 Å². The quantitative estimate of drug-likeness (QED) is 0.792. The zero-order valence-electron chi connectivity index (χ0n) is 10.8. The number of amides is 1. The maximum absolute atomic E-state index is 11.8. The van der Waals surface area contributed by atoms with E-state index in [-0.39, 0.29) is 11.9 Å². The van der Waals surface area contributed by atoms with Crippen LogP contribution in [-0.2, 0) is 4.79 Å². The molecule has 1 amide bonds. The summed E-state index contributed by atoms with van der Waals surface area (Å²) in [5, 5.41) is 5.96. The minimum Gasteiger partial charge on any atom is -0.346 e. The topological polar surface area (TPSA) is 29.1 Å². The van der Waals surface area contributed by atoms with Crippen LogP contribution < -0.4 is 5.32 Å². The van der Waals surface area contributed by atoms with Crippen LogP contribution in [0.4, 0.5) is 0 Å². The van der Waals surface area contributed by atoms with Crippen LogP contribution in [-0.4, -0.2) is 5.91 Å². The minimum absolute atomic E-state index is 0.156. The molecule has 0 aliphatic rings. The Morgan fingerprint density at radius 2 is 2.15 bits per heavy atom. The van der Waals surface area contributed by atoms with Crippen molar-refractivity contribution in [3.8, 4) is 0 Å². The molecule has 104 valence electrons. The van der Waals surface area contributed by atoms with Gasteiger partial charge in [0.05, 0.1) is 6.04 Å². The fourth-order valence-electron chi connectivity index (χ4n) is 1.74. The monoisotopic (exact) mass is 325 g/mol. The van der Waals surface area contributed by atoms with Crippen molar-refractivity contribution in [2.24, 2.45) is 0 Å². The van der Waals surface area contributed by atoms with Crippen molar-refractivity contribution >= 4 is 46.5 Å². The third-order valence-electron chi connectivity index (χ3n) is 2.73. The van der Waals surface area contributed by atoms with E-state index in [9.17, 15) is 4.79 Å². The van der Waals surface area contributed by atoms with Crippen LogP contribution in [0.3, 0.4) is 0 Å². The molecule has 0 radical (unpaired) electrons. The van der Waals surface area contributed by atoms with Crippen LogP contribution in [0.15, 0.2) is 41.8 Å². The first-order valence-corrected chi connectivity index (χ1v) is 7.67. The summed E-state index contributed by atoms with van der Waals surface area (Å²) >= 11 is 13.5. The molecular formula is C15H13Cl2NOS. The molecule has 1 aromatic heterocycles. The molecule has 0 aliphatic heterocycles. The largest absolute Gasteiger partial charge is 0.346 e. The van der Waals surface area contributed by atoms with Crippen molar-refractivity contribution in [2.45, 2.75) is 13.0 Å². The standard InChI is InChI=1S/C15H13Cl2NOS/c1-10(13-6-4-11(16)9-14(13)17)18-15(19)7-5-12-3-2-8-20-12/h2-10H,1H3,(H,18,19)/b7-5+/t10-/m1/s1. The van der Waals surface area contributed by atoms with Crippen LogP contribution in [0.5, 0.6) is 0 Å². The summed E-state index contributed by atoms with van der Waals surface area (Å²) in [6.45, 7) is 1.88. The van der Waals surface area contributed by atoms with Crippen LogP contribution in [0.25, 0.3) is 6.08 Å². The first-order chi connectivity index (χ1) is 9.56. The van der Waals surface area contributed by atoms with E-state index in [4.69, 9.17) is 23.2 Å². The van der Waals surface area contributed by atoms with Gasteiger partial charge in [-0.15, -0.1) is 11.3 Å².